The molecule has 44 heavy (non-hydrogen) atoms. The molecule has 0 bridgehead atoms. The second kappa shape index (κ2) is 12.1. The first kappa shape index (κ1) is 28.7. The molecule has 1 aliphatic carbocycles. The lowest BCUT2D eigenvalue weighted by atomic mass is 9.93. The van der Waals surface area contributed by atoms with Crippen LogP contribution in [-0.2, 0) is 13.0 Å². The van der Waals surface area contributed by atoms with Crippen LogP contribution in [0.25, 0.3) is 22.0 Å². The Bertz CT molecular complexity index is 1890. The molecule has 6 rings (SSSR count). The lowest BCUT2D eigenvalue weighted by molar-refractivity contribution is 0.0697. The number of amides is 1. The van der Waals surface area contributed by atoms with Gasteiger partial charge in [-0.1, -0.05) is 36.4 Å². The summed E-state index contributed by atoms with van der Waals surface area (Å²) in [6, 6.07) is 26.4. The first-order valence-corrected chi connectivity index (χ1v) is 14.6. The fourth-order valence-electron chi connectivity index (χ4n) is 5.64. The number of carboxylic acid groups (broad SMARTS) is 1. The number of rotatable bonds is 11. The van der Waals surface area contributed by atoms with Crippen molar-refractivity contribution in [3.63, 3.8) is 0 Å². The van der Waals surface area contributed by atoms with E-state index in [1.165, 1.54) is 13.2 Å². The van der Waals surface area contributed by atoms with Crippen molar-refractivity contribution in [2.45, 2.75) is 25.8 Å². The fourth-order valence-corrected chi connectivity index (χ4v) is 5.64. The number of hydrogen-bond acceptors (Lipinski definition) is 4. The van der Waals surface area contributed by atoms with Gasteiger partial charge in [0.15, 0.2) is 0 Å². The van der Waals surface area contributed by atoms with Gasteiger partial charge in [0.25, 0.3) is 5.91 Å². The third-order valence-electron chi connectivity index (χ3n) is 8.22. The van der Waals surface area contributed by atoms with Gasteiger partial charge < -0.3 is 25.5 Å². The monoisotopic (exact) mass is 586 g/mol. The van der Waals surface area contributed by atoms with Gasteiger partial charge >= 0.3 is 5.97 Å². The third-order valence-corrected chi connectivity index (χ3v) is 8.22. The first-order chi connectivity index (χ1) is 21.3. The number of methoxy groups -OCH3 is 1. The molecular formula is C36H34N4O4. The fraction of sp³-hybridized carbons (Fsp3) is 0.194. The number of amidine groups is 1. The van der Waals surface area contributed by atoms with Crippen molar-refractivity contribution < 1.29 is 19.4 Å². The van der Waals surface area contributed by atoms with Crippen molar-refractivity contribution in [1.82, 2.24) is 9.88 Å². The van der Waals surface area contributed by atoms with Gasteiger partial charge in [0.2, 0.25) is 0 Å². The van der Waals surface area contributed by atoms with E-state index in [0.29, 0.717) is 53.4 Å². The van der Waals surface area contributed by atoms with Crippen LogP contribution in [0, 0.1) is 11.3 Å². The number of carbonyl (C=O) groups is 2. The highest BCUT2D eigenvalue weighted by Gasteiger charge is 2.23. The normalized spacial score (nSPS) is 12.7. The zero-order valence-electron chi connectivity index (χ0n) is 24.5. The van der Waals surface area contributed by atoms with Crippen LogP contribution in [0.15, 0.2) is 91.1 Å². The molecule has 0 saturated heterocycles. The number of nitrogen functional groups attached to an aromatic ring is 1. The van der Waals surface area contributed by atoms with E-state index in [1.807, 2.05) is 42.5 Å². The Morgan fingerprint density at radius 1 is 0.955 bits per heavy atom. The van der Waals surface area contributed by atoms with E-state index < -0.39 is 5.97 Å². The number of fused-ring (bicyclic) bond motifs is 1. The Balaban J connectivity index is 1.46. The number of aromatic carboxylic acids is 1. The van der Waals surface area contributed by atoms with Crippen LogP contribution in [-0.4, -0.2) is 41.0 Å². The number of ether oxygens (including phenoxy) is 1. The summed E-state index contributed by atoms with van der Waals surface area (Å²) in [5, 5.41) is 22.2. The van der Waals surface area contributed by atoms with E-state index >= 15 is 0 Å². The van der Waals surface area contributed by atoms with Crippen LogP contribution in [0.1, 0.15) is 55.8 Å². The Morgan fingerprint density at radius 3 is 2.43 bits per heavy atom. The van der Waals surface area contributed by atoms with Gasteiger partial charge in [-0.05, 0) is 102 Å². The lowest BCUT2D eigenvalue weighted by Gasteiger charge is -2.16. The van der Waals surface area contributed by atoms with E-state index in [-0.39, 0.29) is 17.3 Å². The summed E-state index contributed by atoms with van der Waals surface area (Å²) < 4.78 is 7.45. The maximum Gasteiger partial charge on any atom is 0.336 e. The number of hydrogen-bond donors (Lipinski definition) is 4. The lowest BCUT2D eigenvalue weighted by Crippen LogP contribution is -2.25. The SMILES string of the molecule is COc1ccc(-c2cc(C(=O)NCC3CC3)ccc2Cn2cc(Cc3ccccc3)c3cc(C(=N)N)ccc32)c(C(=O)O)c1. The van der Waals surface area contributed by atoms with Gasteiger partial charge in [-0.15, -0.1) is 0 Å². The van der Waals surface area contributed by atoms with Crippen LogP contribution in [0.4, 0.5) is 0 Å². The average molecular weight is 587 g/mol. The van der Waals surface area contributed by atoms with Crippen LogP contribution in [0.3, 0.4) is 0 Å². The summed E-state index contributed by atoms with van der Waals surface area (Å²) in [4.78, 5) is 25.5. The van der Waals surface area contributed by atoms with Crippen molar-refractivity contribution >= 4 is 28.6 Å². The maximum absolute atomic E-state index is 13.1. The van der Waals surface area contributed by atoms with Gasteiger partial charge in [0.1, 0.15) is 11.6 Å². The van der Waals surface area contributed by atoms with Crippen molar-refractivity contribution in [3.8, 4) is 16.9 Å². The smallest absolute Gasteiger partial charge is 0.336 e. The highest BCUT2D eigenvalue weighted by Crippen LogP contribution is 2.34. The van der Waals surface area contributed by atoms with Crippen LogP contribution in [0.2, 0.25) is 0 Å². The minimum Gasteiger partial charge on any atom is -0.497 e. The largest absolute Gasteiger partial charge is 0.497 e. The number of carboxylic acids is 1. The van der Waals surface area contributed by atoms with Gasteiger partial charge in [-0.25, -0.2) is 4.79 Å². The third kappa shape index (κ3) is 6.06. The zero-order valence-corrected chi connectivity index (χ0v) is 24.5. The van der Waals surface area contributed by atoms with Gasteiger partial charge in [-0.3, -0.25) is 10.2 Å². The van der Waals surface area contributed by atoms with Crippen molar-refractivity contribution in [2.75, 3.05) is 13.7 Å². The van der Waals surface area contributed by atoms with E-state index in [4.69, 9.17) is 15.9 Å². The molecule has 1 saturated carbocycles. The summed E-state index contributed by atoms with van der Waals surface area (Å²) >= 11 is 0. The topological polar surface area (TPSA) is 130 Å². The van der Waals surface area contributed by atoms with E-state index in [1.54, 1.807) is 24.3 Å². The maximum atomic E-state index is 13.1. The molecule has 5 aromatic rings. The number of benzene rings is 4. The zero-order chi connectivity index (χ0) is 30.8. The Labute approximate surface area is 255 Å². The molecular weight excluding hydrogens is 552 g/mol. The second-order valence-electron chi connectivity index (χ2n) is 11.3. The van der Waals surface area contributed by atoms with E-state index in [0.717, 1.165) is 40.4 Å². The number of nitrogens with two attached hydrogens (primary N) is 1. The Hall–Kier alpha value is -5.37. The molecule has 0 unspecified atom stereocenters. The summed E-state index contributed by atoms with van der Waals surface area (Å²) in [5.41, 5.74) is 12.3. The van der Waals surface area contributed by atoms with Crippen molar-refractivity contribution in [3.05, 3.63) is 125 Å². The number of aromatic nitrogens is 1. The summed E-state index contributed by atoms with van der Waals surface area (Å²) in [6.07, 6.45) is 5.06. The van der Waals surface area contributed by atoms with Gasteiger partial charge in [0.05, 0.1) is 12.7 Å². The predicted octanol–water partition coefficient (Wildman–Crippen LogP) is 6.08. The molecule has 8 nitrogen and oxygen atoms in total. The van der Waals surface area contributed by atoms with E-state index in [2.05, 4.69) is 28.2 Å². The summed E-state index contributed by atoms with van der Waals surface area (Å²) in [6.45, 7) is 1.07. The highest BCUT2D eigenvalue weighted by molar-refractivity contribution is 6.01. The Kier molecular flexibility index (Phi) is 7.89. The minimum atomic E-state index is -1.08. The molecule has 4 aromatic carbocycles. The molecule has 8 heteroatoms. The quantitative estimate of drug-likeness (QED) is 0.110. The summed E-state index contributed by atoms with van der Waals surface area (Å²) in [7, 11) is 1.50. The number of nitrogens with one attached hydrogen (secondary N) is 2. The van der Waals surface area contributed by atoms with Crippen LogP contribution in [0.5, 0.6) is 5.75 Å². The number of carbonyl (C=O) groups excluding carboxylic acids is 1. The molecule has 0 spiro atoms. The predicted molar refractivity (Wildman–Crippen MR) is 172 cm³/mol. The average Bonchev–Trinajstić information content (AvgIpc) is 3.82. The molecule has 1 aromatic heterocycles. The second-order valence-corrected chi connectivity index (χ2v) is 11.3. The molecule has 0 radical (unpaired) electrons. The molecule has 0 aliphatic heterocycles. The van der Waals surface area contributed by atoms with Crippen LogP contribution < -0.4 is 15.8 Å². The molecule has 1 aliphatic rings. The molecule has 1 heterocycles. The minimum absolute atomic E-state index is 0.00357. The van der Waals surface area contributed by atoms with Crippen molar-refractivity contribution in [1.29, 1.82) is 5.41 Å². The molecule has 5 N–H and O–H groups in total. The van der Waals surface area contributed by atoms with Crippen molar-refractivity contribution in [2.24, 2.45) is 11.7 Å². The van der Waals surface area contributed by atoms with E-state index in [9.17, 15) is 14.7 Å². The summed E-state index contributed by atoms with van der Waals surface area (Å²) in [5.74, 6) is -0.281. The van der Waals surface area contributed by atoms with Crippen LogP contribution >= 0.6 is 0 Å². The number of nitrogens with zero attached hydrogens (tertiary/aromatic N) is 1. The molecule has 222 valence electrons. The standard InChI is InChI=1S/C36H34N4O4/c1-44-28-12-13-29(32(18-28)36(42)43)30-17-25(35(41)39-19-23-7-8-23)9-10-26(30)20-40-21-27(15-22-5-3-2-4-6-22)31-16-24(34(37)38)11-14-33(31)40/h2-6,9-14,16-18,21,23H,7-8,15,19-20H2,1H3,(H3,37,38)(H,39,41)(H,42,43). The van der Waals surface area contributed by atoms with Gasteiger partial charge in [-0.2, -0.15) is 0 Å². The molecule has 1 fully saturated rings. The Morgan fingerprint density at radius 2 is 1.73 bits per heavy atom. The van der Waals surface area contributed by atoms with Gasteiger partial charge in [0, 0.05) is 41.3 Å². The molecule has 1 amide bonds. The highest BCUT2D eigenvalue weighted by atomic mass is 16.5. The first-order valence-electron chi connectivity index (χ1n) is 14.6. The molecule has 0 atom stereocenters.